The van der Waals surface area contributed by atoms with Gasteiger partial charge in [-0.25, -0.2) is 0 Å². The van der Waals surface area contributed by atoms with E-state index in [1.54, 1.807) is 29.9 Å². The fourth-order valence-corrected chi connectivity index (χ4v) is 0.408. The fourth-order valence-electron chi connectivity index (χ4n) is 0.0608. The van der Waals surface area contributed by atoms with E-state index in [0.29, 0.717) is 0 Å². The van der Waals surface area contributed by atoms with Crippen LogP contribution in [0.2, 0.25) is 0 Å². The second-order valence-corrected chi connectivity index (χ2v) is 1.76. The zero-order valence-corrected chi connectivity index (χ0v) is 6.52. The highest BCUT2D eigenvalue weighted by molar-refractivity contribution is 14.1. The minimum atomic E-state index is 0.731. The maximum Gasteiger partial charge on any atom is 0.192 e. The van der Waals surface area contributed by atoms with Crippen molar-refractivity contribution in [2.45, 2.75) is 13.8 Å². The predicted molar refractivity (Wildman–Crippen MR) is 37.7 cm³/mol. The Labute approximate surface area is 57.4 Å². The van der Waals surface area contributed by atoms with Crippen molar-refractivity contribution in [3.05, 3.63) is 11.5 Å². The molecule has 0 rings (SSSR count). The van der Waals surface area contributed by atoms with Crippen molar-refractivity contribution in [3.63, 3.8) is 0 Å². The molecule has 0 aromatic rings. The summed E-state index contributed by atoms with van der Waals surface area (Å²) in [5.74, 6) is 0.778. The molecule has 0 aliphatic heterocycles. The minimum absolute atomic E-state index is 0.731. The fraction of sp³-hybridized carbons (Fsp3) is 0.500. The van der Waals surface area contributed by atoms with Gasteiger partial charge >= 0.3 is 0 Å². The van der Waals surface area contributed by atoms with Crippen LogP contribution in [0.1, 0.15) is 13.8 Å². The van der Waals surface area contributed by atoms with Crippen LogP contribution in [0.5, 0.6) is 0 Å². The van der Waals surface area contributed by atoms with Gasteiger partial charge in [0.1, 0.15) is 5.76 Å². The summed E-state index contributed by atoms with van der Waals surface area (Å²) in [5.41, 5.74) is 6.03. The first-order valence-electron chi connectivity index (χ1n) is 1.90. The van der Waals surface area contributed by atoms with E-state index < -0.39 is 0 Å². The second-order valence-electron chi connectivity index (χ2n) is 1.32. The van der Waals surface area contributed by atoms with Crippen LogP contribution in [-0.4, -0.2) is 0 Å². The summed E-state index contributed by atoms with van der Waals surface area (Å²) >= 11 is 1.79. The number of rotatable bonds is 1. The van der Waals surface area contributed by atoms with Gasteiger partial charge in [0.05, 0.1) is 0 Å². The van der Waals surface area contributed by atoms with Crippen molar-refractivity contribution in [1.82, 2.24) is 0 Å². The Hall–Kier alpha value is 0.0700. The van der Waals surface area contributed by atoms with Gasteiger partial charge in [0, 0.05) is 5.70 Å². The first-order valence-corrected chi connectivity index (χ1v) is 2.78. The van der Waals surface area contributed by atoms with Crippen LogP contribution in [0.3, 0.4) is 0 Å². The number of halogens is 1. The molecule has 0 aromatic heterocycles. The standard InChI is InChI=1S/C4H8INO/c1-3(6)4(2)7-5/h6H2,1-2H3/b4-3-. The summed E-state index contributed by atoms with van der Waals surface area (Å²) in [5, 5.41) is 0. The summed E-state index contributed by atoms with van der Waals surface area (Å²) in [6.45, 7) is 3.62. The Balaban J connectivity index is 3.72. The van der Waals surface area contributed by atoms with E-state index in [0.717, 1.165) is 11.5 Å². The van der Waals surface area contributed by atoms with Gasteiger partial charge in [-0.1, -0.05) is 0 Å². The molecule has 0 aliphatic rings. The van der Waals surface area contributed by atoms with E-state index in [9.17, 15) is 0 Å². The molecular formula is C4H8INO. The van der Waals surface area contributed by atoms with Gasteiger partial charge in [-0.3, -0.25) is 0 Å². The van der Waals surface area contributed by atoms with Gasteiger partial charge in [-0.15, -0.1) is 0 Å². The summed E-state index contributed by atoms with van der Waals surface area (Å²) in [6.07, 6.45) is 0. The van der Waals surface area contributed by atoms with Gasteiger partial charge in [0.2, 0.25) is 0 Å². The third kappa shape index (κ3) is 2.73. The molecule has 0 amide bonds. The van der Waals surface area contributed by atoms with E-state index >= 15 is 0 Å². The highest BCUT2D eigenvalue weighted by Crippen LogP contribution is 2.02. The van der Waals surface area contributed by atoms with Crippen LogP contribution in [0, 0.1) is 0 Å². The van der Waals surface area contributed by atoms with Gasteiger partial charge in [-0.05, 0) is 13.8 Å². The molecule has 0 atom stereocenters. The van der Waals surface area contributed by atoms with Crippen molar-refractivity contribution in [3.8, 4) is 0 Å². The number of hydrogen-bond donors (Lipinski definition) is 1. The molecule has 3 heteroatoms. The quantitative estimate of drug-likeness (QED) is 0.529. The first kappa shape index (κ1) is 7.07. The Morgan fingerprint density at radius 2 is 2.00 bits per heavy atom. The molecule has 7 heavy (non-hydrogen) atoms. The Kier molecular flexibility index (Phi) is 3.15. The van der Waals surface area contributed by atoms with Crippen LogP contribution in [0.15, 0.2) is 11.5 Å². The summed E-state index contributed by atoms with van der Waals surface area (Å²) in [4.78, 5) is 0. The molecule has 42 valence electrons. The van der Waals surface area contributed by atoms with Gasteiger partial charge in [0.25, 0.3) is 0 Å². The van der Waals surface area contributed by atoms with Gasteiger partial charge in [0.15, 0.2) is 23.0 Å². The largest absolute Gasteiger partial charge is 0.431 e. The van der Waals surface area contributed by atoms with Crippen LogP contribution in [0.4, 0.5) is 0 Å². The lowest BCUT2D eigenvalue weighted by Gasteiger charge is -1.95. The van der Waals surface area contributed by atoms with Crippen LogP contribution in [-0.2, 0) is 3.07 Å². The zero-order valence-electron chi connectivity index (χ0n) is 4.36. The number of hydrogen-bond acceptors (Lipinski definition) is 2. The van der Waals surface area contributed by atoms with Crippen LogP contribution in [0.25, 0.3) is 0 Å². The van der Waals surface area contributed by atoms with Crippen molar-refractivity contribution in [2.24, 2.45) is 5.73 Å². The molecular weight excluding hydrogens is 205 g/mol. The molecule has 0 aliphatic carbocycles. The monoisotopic (exact) mass is 213 g/mol. The maximum atomic E-state index is 5.30. The zero-order chi connectivity index (χ0) is 5.86. The van der Waals surface area contributed by atoms with Gasteiger partial charge < -0.3 is 8.80 Å². The Bertz CT molecular complexity index is 85.7. The van der Waals surface area contributed by atoms with Crippen molar-refractivity contribution in [1.29, 1.82) is 0 Å². The molecule has 0 unspecified atom stereocenters. The summed E-state index contributed by atoms with van der Waals surface area (Å²) < 4.78 is 4.74. The Morgan fingerprint density at radius 3 is 2.00 bits per heavy atom. The highest BCUT2D eigenvalue weighted by Gasteiger charge is 1.86. The molecule has 0 radical (unpaired) electrons. The van der Waals surface area contributed by atoms with E-state index in [2.05, 4.69) is 0 Å². The molecule has 2 N–H and O–H groups in total. The molecule has 0 spiro atoms. The van der Waals surface area contributed by atoms with Crippen LogP contribution >= 0.6 is 23.0 Å². The lowest BCUT2D eigenvalue weighted by atomic mass is 10.4. The lowest BCUT2D eigenvalue weighted by molar-refractivity contribution is 0.553. The average molecular weight is 213 g/mol. The van der Waals surface area contributed by atoms with Crippen LogP contribution < -0.4 is 5.73 Å². The Morgan fingerprint density at radius 1 is 1.57 bits per heavy atom. The van der Waals surface area contributed by atoms with Gasteiger partial charge in [-0.2, -0.15) is 0 Å². The number of nitrogens with two attached hydrogens (primary N) is 1. The topological polar surface area (TPSA) is 35.2 Å². The molecule has 2 nitrogen and oxygen atoms in total. The van der Waals surface area contributed by atoms with E-state index in [1.807, 2.05) is 6.92 Å². The first-order chi connectivity index (χ1) is 3.18. The van der Waals surface area contributed by atoms with E-state index in [-0.39, 0.29) is 0 Å². The molecule has 0 aromatic carbocycles. The smallest absolute Gasteiger partial charge is 0.192 e. The third-order valence-corrected chi connectivity index (χ3v) is 1.33. The number of allylic oxidation sites excluding steroid dienone is 2. The normalized spacial score (nSPS) is 13.0. The molecule has 0 bridgehead atoms. The highest BCUT2D eigenvalue weighted by atomic mass is 127. The molecule has 0 saturated carbocycles. The predicted octanol–water partition coefficient (Wildman–Crippen LogP) is 1.56. The van der Waals surface area contributed by atoms with Crippen molar-refractivity contribution in [2.75, 3.05) is 0 Å². The van der Waals surface area contributed by atoms with Crippen molar-refractivity contribution >= 4 is 23.0 Å². The third-order valence-electron chi connectivity index (χ3n) is 0.671. The summed E-state index contributed by atoms with van der Waals surface area (Å²) in [6, 6.07) is 0. The lowest BCUT2D eigenvalue weighted by Crippen LogP contribution is -1.94. The second kappa shape index (κ2) is 3.12. The minimum Gasteiger partial charge on any atom is -0.431 e. The van der Waals surface area contributed by atoms with E-state index in [4.69, 9.17) is 8.80 Å². The van der Waals surface area contributed by atoms with Crippen molar-refractivity contribution < 1.29 is 3.07 Å². The van der Waals surface area contributed by atoms with E-state index in [1.165, 1.54) is 0 Å². The molecule has 0 saturated heterocycles. The molecule has 0 fully saturated rings. The molecule has 0 heterocycles. The maximum absolute atomic E-state index is 5.30. The SMILES string of the molecule is C/C(N)=C(\C)OI. The average Bonchev–Trinajstić information content (AvgIpc) is 1.65. The summed E-state index contributed by atoms with van der Waals surface area (Å²) in [7, 11) is 0.